The SMILES string of the molecule is CC.c1csc(Cc2cncnc2)c1.c1ncc(Cc2cncnc2)cn1. The van der Waals surface area contributed by atoms with Gasteiger partial charge in [0.25, 0.3) is 0 Å². The van der Waals surface area contributed by atoms with E-state index >= 15 is 0 Å². The van der Waals surface area contributed by atoms with Crippen molar-refractivity contribution in [3.8, 4) is 0 Å². The second kappa shape index (κ2) is 12.3. The molecule has 0 radical (unpaired) electrons. The summed E-state index contributed by atoms with van der Waals surface area (Å²) in [6.45, 7) is 4.00. The van der Waals surface area contributed by atoms with E-state index in [-0.39, 0.29) is 0 Å². The van der Waals surface area contributed by atoms with Gasteiger partial charge < -0.3 is 0 Å². The van der Waals surface area contributed by atoms with Gasteiger partial charge in [-0.3, -0.25) is 0 Å². The van der Waals surface area contributed by atoms with E-state index in [4.69, 9.17) is 0 Å². The number of nitrogens with zero attached hydrogens (tertiary/aromatic N) is 6. The maximum absolute atomic E-state index is 3.96. The van der Waals surface area contributed by atoms with E-state index in [2.05, 4.69) is 47.4 Å². The van der Waals surface area contributed by atoms with Crippen molar-refractivity contribution in [2.75, 3.05) is 0 Å². The number of rotatable bonds is 4. The van der Waals surface area contributed by atoms with Crippen LogP contribution >= 0.6 is 11.3 Å². The van der Waals surface area contributed by atoms with Crippen LogP contribution in [0.4, 0.5) is 0 Å². The Kier molecular flexibility index (Phi) is 9.24. The number of hydrogen-bond acceptors (Lipinski definition) is 7. The van der Waals surface area contributed by atoms with Crippen LogP contribution in [0.5, 0.6) is 0 Å². The molecule has 138 valence electrons. The Hall–Kier alpha value is -3.06. The van der Waals surface area contributed by atoms with E-state index in [1.807, 2.05) is 26.2 Å². The first-order valence-corrected chi connectivity index (χ1v) is 9.52. The van der Waals surface area contributed by atoms with Gasteiger partial charge in [-0.25, -0.2) is 29.9 Å². The zero-order chi connectivity index (χ0) is 19.2. The summed E-state index contributed by atoms with van der Waals surface area (Å²) >= 11 is 1.76. The molecule has 0 aliphatic heterocycles. The molecule has 27 heavy (non-hydrogen) atoms. The maximum atomic E-state index is 3.96. The smallest absolute Gasteiger partial charge is 0.115 e. The molecule has 0 aliphatic carbocycles. The van der Waals surface area contributed by atoms with Crippen molar-refractivity contribution in [1.29, 1.82) is 0 Å². The zero-order valence-electron chi connectivity index (χ0n) is 15.4. The number of thiophene rings is 1. The molecule has 0 amide bonds. The molecular formula is C20H22N6S. The monoisotopic (exact) mass is 378 g/mol. The molecule has 7 heteroatoms. The van der Waals surface area contributed by atoms with Crippen LogP contribution in [0.15, 0.2) is 73.7 Å². The average Bonchev–Trinajstić information content (AvgIpc) is 3.25. The largest absolute Gasteiger partial charge is 0.245 e. The zero-order valence-corrected chi connectivity index (χ0v) is 16.3. The van der Waals surface area contributed by atoms with E-state index < -0.39 is 0 Å². The summed E-state index contributed by atoms with van der Waals surface area (Å²) in [5.41, 5.74) is 3.30. The molecule has 0 spiro atoms. The molecular weight excluding hydrogens is 356 g/mol. The molecule has 0 bridgehead atoms. The minimum Gasteiger partial charge on any atom is -0.245 e. The molecule has 4 aromatic rings. The first kappa shape index (κ1) is 20.3. The van der Waals surface area contributed by atoms with Crippen LogP contribution in [0, 0.1) is 0 Å². The van der Waals surface area contributed by atoms with Crippen molar-refractivity contribution in [3.63, 3.8) is 0 Å². The van der Waals surface area contributed by atoms with E-state index in [1.165, 1.54) is 23.1 Å². The summed E-state index contributed by atoms with van der Waals surface area (Å²) in [6.07, 6.45) is 17.2. The highest BCUT2D eigenvalue weighted by Gasteiger charge is 1.96. The van der Waals surface area contributed by atoms with Gasteiger partial charge in [-0.05, 0) is 28.1 Å². The van der Waals surface area contributed by atoms with Crippen LogP contribution in [-0.2, 0) is 12.8 Å². The van der Waals surface area contributed by atoms with Gasteiger partial charge in [0.2, 0.25) is 0 Å². The third-order valence-electron chi connectivity index (χ3n) is 3.21. The maximum Gasteiger partial charge on any atom is 0.115 e. The van der Waals surface area contributed by atoms with Crippen molar-refractivity contribution in [2.24, 2.45) is 0 Å². The highest BCUT2D eigenvalue weighted by atomic mass is 32.1. The summed E-state index contributed by atoms with van der Waals surface area (Å²) < 4.78 is 0. The summed E-state index contributed by atoms with van der Waals surface area (Å²) in [7, 11) is 0. The fourth-order valence-electron chi connectivity index (χ4n) is 2.11. The lowest BCUT2D eigenvalue weighted by molar-refractivity contribution is 1.03. The van der Waals surface area contributed by atoms with E-state index in [0.717, 1.165) is 24.0 Å². The third kappa shape index (κ3) is 7.79. The van der Waals surface area contributed by atoms with Crippen LogP contribution < -0.4 is 0 Å². The summed E-state index contributed by atoms with van der Waals surface area (Å²) in [5, 5.41) is 2.08. The summed E-state index contributed by atoms with van der Waals surface area (Å²) in [6, 6.07) is 4.18. The van der Waals surface area contributed by atoms with Crippen molar-refractivity contribution in [2.45, 2.75) is 26.7 Å². The highest BCUT2D eigenvalue weighted by molar-refractivity contribution is 7.09. The van der Waals surface area contributed by atoms with Gasteiger partial charge in [-0.15, -0.1) is 11.3 Å². The molecule has 0 aliphatic rings. The molecule has 0 saturated heterocycles. The van der Waals surface area contributed by atoms with Crippen molar-refractivity contribution in [3.05, 3.63) is 95.2 Å². The Balaban J connectivity index is 0.000000178. The number of aromatic nitrogens is 6. The Morgan fingerprint density at radius 3 is 1.41 bits per heavy atom. The molecule has 4 heterocycles. The second-order valence-electron chi connectivity index (χ2n) is 5.17. The summed E-state index contributed by atoms with van der Waals surface area (Å²) in [5.74, 6) is 0. The van der Waals surface area contributed by atoms with Gasteiger partial charge in [0.1, 0.15) is 19.0 Å². The minimum absolute atomic E-state index is 0.779. The Bertz CT molecular complexity index is 802. The van der Waals surface area contributed by atoms with Gasteiger partial charge >= 0.3 is 0 Å². The lowest BCUT2D eigenvalue weighted by atomic mass is 10.1. The molecule has 0 fully saturated rings. The molecule has 0 unspecified atom stereocenters. The third-order valence-corrected chi connectivity index (χ3v) is 4.09. The van der Waals surface area contributed by atoms with Crippen LogP contribution in [0.25, 0.3) is 0 Å². The minimum atomic E-state index is 0.779. The van der Waals surface area contributed by atoms with Crippen LogP contribution in [-0.4, -0.2) is 29.9 Å². The lowest BCUT2D eigenvalue weighted by Crippen LogP contribution is -1.91. The predicted molar refractivity (Wildman–Crippen MR) is 107 cm³/mol. The van der Waals surface area contributed by atoms with E-state index in [9.17, 15) is 0 Å². The van der Waals surface area contributed by atoms with Crippen molar-refractivity contribution in [1.82, 2.24) is 29.9 Å². The quantitative estimate of drug-likeness (QED) is 0.534. The Morgan fingerprint density at radius 2 is 1.04 bits per heavy atom. The fraction of sp³-hybridized carbons (Fsp3) is 0.200. The normalized spacial score (nSPS) is 9.41. The van der Waals surface area contributed by atoms with Gasteiger partial charge in [0, 0.05) is 54.9 Å². The molecule has 6 nitrogen and oxygen atoms in total. The Morgan fingerprint density at radius 1 is 0.630 bits per heavy atom. The fourth-order valence-corrected chi connectivity index (χ4v) is 2.85. The second-order valence-corrected chi connectivity index (χ2v) is 6.21. The topological polar surface area (TPSA) is 77.3 Å². The predicted octanol–water partition coefficient (Wildman–Crippen LogP) is 4.01. The molecule has 0 N–H and O–H groups in total. The van der Waals surface area contributed by atoms with Gasteiger partial charge in [-0.2, -0.15) is 0 Å². The molecule has 0 saturated carbocycles. The average molecular weight is 379 g/mol. The standard InChI is InChI=1S/C9H8N4.C9H8N2S.C2H6/c1(8-2-10-6-11-3-8)9-4-12-7-13-5-9;1-2-9(12-3-1)4-8-5-10-7-11-6-8;1-2/h2-7H,1H2;1-3,5-7H,4H2;1-2H3. The van der Waals surface area contributed by atoms with Crippen LogP contribution in [0.2, 0.25) is 0 Å². The van der Waals surface area contributed by atoms with Crippen LogP contribution in [0.3, 0.4) is 0 Å². The van der Waals surface area contributed by atoms with Gasteiger partial charge in [0.15, 0.2) is 0 Å². The van der Waals surface area contributed by atoms with Gasteiger partial charge in [-0.1, -0.05) is 19.9 Å². The van der Waals surface area contributed by atoms with E-state index in [1.54, 1.807) is 42.5 Å². The first-order chi connectivity index (χ1) is 13.4. The van der Waals surface area contributed by atoms with Gasteiger partial charge in [0.05, 0.1) is 0 Å². The Labute approximate surface area is 163 Å². The highest BCUT2D eigenvalue weighted by Crippen LogP contribution is 2.12. The lowest BCUT2D eigenvalue weighted by Gasteiger charge is -1.97. The molecule has 4 aromatic heterocycles. The molecule has 4 rings (SSSR count). The number of hydrogen-bond donors (Lipinski definition) is 0. The van der Waals surface area contributed by atoms with Crippen molar-refractivity contribution < 1.29 is 0 Å². The van der Waals surface area contributed by atoms with Crippen molar-refractivity contribution >= 4 is 11.3 Å². The summed E-state index contributed by atoms with van der Waals surface area (Å²) in [4.78, 5) is 25.0. The van der Waals surface area contributed by atoms with Crippen LogP contribution in [0.1, 0.15) is 35.4 Å². The first-order valence-electron chi connectivity index (χ1n) is 8.64. The molecule has 0 aromatic carbocycles. The molecule has 0 atom stereocenters. The van der Waals surface area contributed by atoms with E-state index in [0.29, 0.717) is 0 Å².